The largest absolute Gasteiger partial charge is 0.330 e. The fourth-order valence-electron chi connectivity index (χ4n) is 1.34. The zero-order chi connectivity index (χ0) is 9.56. The van der Waals surface area contributed by atoms with Gasteiger partial charge in [-0.15, -0.1) is 0 Å². The summed E-state index contributed by atoms with van der Waals surface area (Å²) in [6, 6.07) is 1.36. The van der Waals surface area contributed by atoms with Crippen LogP contribution in [0.15, 0.2) is 0 Å². The second-order valence-electron chi connectivity index (χ2n) is 3.70. The maximum Gasteiger partial charge on any atom is 0.00671 e. The predicted molar refractivity (Wildman–Crippen MR) is 55.3 cm³/mol. The number of nitrogens with zero attached hydrogens (tertiary/aromatic N) is 1. The molecule has 0 saturated heterocycles. The van der Waals surface area contributed by atoms with Gasteiger partial charge in [0.1, 0.15) is 0 Å². The Bertz CT molecular complexity index is 104. The van der Waals surface area contributed by atoms with Crippen LogP contribution in [-0.4, -0.2) is 30.6 Å². The molecule has 0 aromatic carbocycles. The Hall–Kier alpha value is -0.0800. The minimum Gasteiger partial charge on any atom is -0.330 e. The standard InChI is InChI=1S/C10H24N2/c1-5-9(2)12(4)10(3)7-6-8-11/h9-10H,5-8,11H2,1-4H3. The van der Waals surface area contributed by atoms with Crippen LogP contribution in [-0.2, 0) is 0 Å². The van der Waals surface area contributed by atoms with E-state index < -0.39 is 0 Å². The molecule has 74 valence electrons. The normalized spacial score (nSPS) is 16.5. The van der Waals surface area contributed by atoms with Crippen molar-refractivity contribution in [3.8, 4) is 0 Å². The zero-order valence-electron chi connectivity index (χ0n) is 9.01. The first kappa shape index (κ1) is 11.9. The first-order valence-electron chi connectivity index (χ1n) is 5.05. The van der Waals surface area contributed by atoms with Crippen LogP contribution in [0.2, 0.25) is 0 Å². The molecule has 2 N–H and O–H groups in total. The van der Waals surface area contributed by atoms with Crippen molar-refractivity contribution in [2.75, 3.05) is 13.6 Å². The van der Waals surface area contributed by atoms with E-state index in [-0.39, 0.29) is 0 Å². The highest BCUT2D eigenvalue weighted by Crippen LogP contribution is 2.09. The topological polar surface area (TPSA) is 29.3 Å². The molecular weight excluding hydrogens is 148 g/mol. The van der Waals surface area contributed by atoms with Gasteiger partial charge in [0.05, 0.1) is 0 Å². The maximum atomic E-state index is 5.47. The fraction of sp³-hybridized carbons (Fsp3) is 1.00. The number of nitrogens with two attached hydrogens (primary N) is 1. The summed E-state index contributed by atoms with van der Waals surface area (Å²) in [6.45, 7) is 7.61. The van der Waals surface area contributed by atoms with Crippen LogP contribution in [0, 0.1) is 0 Å². The van der Waals surface area contributed by atoms with Gasteiger partial charge < -0.3 is 10.6 Å². The summed E-state index contributed by atoms with van der Waals surface area (Å²) in [4.78, 5) is 2.44. The Balaban J connectivity index is 3.67. The van der Waals surface area contributed by atoms with Crippen LogP contribution in [0.5, 0.6) is 0 Å². The molecule has 0 aliphatic rings. The summed E-state index contributed by atoms with van der Waals surface area (Å²) >= 11 is 0. The molecule has 0 radical (unpaired) electrons. The van der Waals surface area contributed by atoms with Gasteiger partial charge in [-0.2, -0.15) is 0 Å². The average molecular weight is 172 g/mol. The molecule has 0 fully saturated rings. The Labute approximate surface area is 77.1 Å². The highest BCUT2D eigenvalue weighted by Gasteiger charge is 2.12. The Morgan fingerprint density at radius 1 is 1.25 bits per heavy atom. The van der Waals surface area contributed by atoms with E-state index in [1.165, 1.54) is 12.8 Å². The van der Waals surface area contributed by atoms with Gasteiger partial charge in [0.2, 0.25) is 0 Å². The summed E-state index contributed by atoms with van der Waals surface area (Å²) < 4.78 is 0. The minimum atomic E-state index is 0.670. The molecule has 0 aliphatic heterocycles. The Morgan fingerprint density at radius 3 is 2.25 bits per heavy atom. The maximum absolute atomic E-state index is 5.47. The van der Waals surface area contributed by atoms with Gasteiger partial charge in [0, 0.05) is 12.1 Å². The molecule has 2 unspecified atom stereocenters. The molecule has 2 nitrogen and oxygen atoms in total. The number of rotatable bonds is 6. The van der Waals surface area contributed by atoms with Crippen LogP contribution in [0.25, 0.3) is 0 Å². The smallest absolute Gasteiger partial charge is 0.00671 e. The van der Waals surface area contributed by atoms with Crippen molar-refractivity contribution in [1.82, 2.24) is 4.90 Å². The highest BCUT2D eigenvalue weighted by molar-refractivity contribution is 4.68. The zero-order valence-corrected chi connectivity index (χ0v) is 9.01. The molecule has 0 rings (SSSR count). The number of hydrogen-bond donors (Lipinski definition) is 1. The van der Waals surface area contributed by atoms with E-state index in [1.807, 2.05) is 0 Å². The quantitative estimate of drug-likeness (QED) is 0.662. The van der Waals surface area contributed by atoms with Crippen LogP contribution in [0.4, 0.5) is 0 Å². The predicted octanol–water partition coefficient (Wildman–Crippen LogP) is 1.84. The third kappa shape index (κ3) is 4.07. The first-order valence-corrected chi connectivity index (χ1v) is 5.05. The van der Waals surface area contributed by atoms with Crippen LogP contribution in [0.1, 0.15) is 40.0 Å². The van der Waals surface area contributed by atoms with Gasteiger partial charge in [-0.05, 0) is 46.7 Å². The van der Waals surface area contributed by atoms with Crippen LogP contribution in [0.3, 0.4) is 0 Å². The molecule has 0 bridgehead atoms. The third-order valence-electron chi connectivity index (χ3n) is 2.81. The van der Waals surface area contributed by atoms with Crippen molar-refractivity contribution in [3.63, 3.8) is 0 Å². The van der Waals surface area contributed by atoms with Gasteiger partial charge in [-0.25, -0.2) is 0 Å². The van der Waals surface area contributed by atoms with E-state index in [0.717, 1.165) is 13.0 Å². The lowest BCUT2D eigenvalue weighted by atomic mass is 10.1. The van der Waals surface area contributed by atoms with Crippen molar-refractivity contribution in [3.05, 3.63) is 0 Å². The fourth-order valence-corrected chi connectivity index (χ4v) is 1.34. The molecule has 0 aliphatic carbocycles. The third-order valence-corrected chi connectivity index (χ3v) is 2.81. The van der Waals surface area contributed by atoms with E-state index in [4.69, 9.17) is 5.73 Å². The van der Waals surface area contributed by atoms with Crippen molar-refractivity contribution >= 4 is 0 Å². The molecule has 0 saturated carbocycles. The monoisotopic (exact) mass is 172 g/mol. The second-order valence-corrected chi connectivity index (χ2v) is 3.70. The lowest BCUT2D eigenvalue weighted by Gasteiger charge is -2.30. The van der Waals surface area contributed by atoms with Gasteiger partial charge in [-0.3, -0.25) is 0 Å². The first-order chi connectivity index (χ1) is 5.63. The summed E-state index contributed by atoms with van der Waals surface area (Å²) in [7, 11) is 2.20. The van der Waals surface area contributed by atoms with Gasteiger partial charge >= 0.3 is 0 Å². The molecule has 2 heteroatoms. The van der Waals surface area contributed by atoms with Gasteiger partial charge in [-0.1, -0.05) is 6.92 Å². The Kier molecular flexibility index (Phi) is 6.39. The average Bonchev–Trinajstić information content (AvgIpc) is 2.11. The molecule has 0 heterocycles. The number of hydrogen-bond acceptors (Lipinski definition) is 2. The SMILES string of the molecule is CCC(C)N(C)C(C)CCCN. The van der Waals surface area contributed by atoms with Gasteiger partial charge in [0.15, 0.2) is 0 Å². The molecule has 0 amide bonds. The van der Waals surface area contributed by atoms with E-state index in [9.17, 15) is 0 Å². The molecule has 2 atom stereocenters. The lowest BCUT2D eigenvalue weighted by Crippen LogP contribution is -2.36. The van der Waals surface area contributed by atoms with Crippen molar-refractivity contribution in [1.29, 1.82) is 0 Å². The van der Waals surface area contributed by atoms with Gasteiger partial charge in [0.25, 0.3) is 0 Å². The molecule has 12 heavy (non-hydrogen) atoms. The molecule has 0 aromatic heterocycles. The van der Waals surface area contributed by atoms with Crippen molar-refractivity contribution < 1.29 is 0 Å². The van der Waals surface area contributed by atoms with E-state index >= 15 is 0 Å². The lowest BCUT2D eigenvalue weighted by molar-refractivity contribution is 0.182. The second kappa shape index (κ2) is 6.44. The summed E-state index contributed by atoms with van der Waals surface area (Å²) in [6.07, 6.45) is 3.59. The van der Waals surface area contributed by atoms with E-state index in [2.05, 4.69) is 32.7 Å². The molecule has 0 spiro atoms. The summed E-state index contributed by atoms with van der Waals surface area (Å²) in [5.41, 5.74) is 5.47. The Morgan fingerprint density at radius 2 is 1.83 bits per heavy atom. The molecule has 0 aromatic rings. The van der Waals surface area contributed by atoms with Crippen LogP contribution < -0.4 is 5.73 Å². The minimum absolute atomic E-state index is 0.670. The van der Waals surface area contributed by atoms with Crippen LogP contribution >= 0.6 is 0 Å². The highest BCUT2D eigenvalue weighted by atomic mass is 15.1. The van der Waals surface area contributed by atoms with Crippen molar-refractivity contribution in [2.45, 2.75) is 52.1 Å². The van der Waals surface area contributed by atoms with Crippen molar-refractivity contribution in [2.24, 2.45) is 5.73 Å². The molecular formula is C10H24N2. The van der Waals surface area contributed by atoms with E-state index in [1.54, 1.807) is 0 Å². The van der Waals surface area contributed by atoms with E-state index in [0.29, 0.717) is 12.1 Å². The summed E-state index contributed by atoms with van der Waals surface area (Å²) in [5.74, 6) is 0. The summed E-state index contributed by atoms with van der Waals surface area (Å²) in [5, 5.41) is 0.